The number of nitrogens with zero attached hydrogens (tertiary/aromatic N) is 3. The lowest BCUT2D eigenvalue weighted by Crippen LogP contribution is -2.23. The molecule has 0 spiro atoms. The van der Waals surface area contributed by atoms with Crippen LogP contribution in [0.25, 0.3) is 0 Å². The third kappa shape index (κ3) is 7.14. The number of nitrogens with one attached hydrogen (secondary N) is 1. The SMILES string of the molecule is COc1ccc(NC(=O)C(C)Sc2nnc(COc3ccccc3)n2CCC(C)C)cc1Cl. The number of aromatic nitrogens is 3. The Balaban J connectivity index is 1.69. The molecule has 0 aliphatic heterocycles. The normalized spacial score (nSPS) is 11.9. The summed E-state index contributed by atoms with van der Waals surface area (Å²) in [6.45, 7) is 7.25. The predicted octanol–water partition coefficient (Wildman–Crippen LogP) is 5.68. The van der Waals surface area contributed by atoms with Crippen LogP contribution in [0.5, 0.6) is 11.5 Å². The molecule has 1 N–H and O–H groups in total. The van der Waals surface area contributed by atoms with Crippen molar-refractivity contribution in [2.24, 2.45) is 5.92 Å². The van der Waals surface area contributed by atoms with Gasteiger partial charge >= 0.3 is 0 Å². The van der Waals surface area contributed by atoms with Crippen LogP contribution in [0.3, 0.4) is 0 Å². The van der Waals surface area contributed by atoms with Crippen LogP contribution in [0.15, 0.2) is 53.7 Å². The summed E-state index contributed by atoms with van der Waals surface area (Å²) in [5.74, 6) is 2.43. The van der Waals surface area contributed by atoms with Crippen molar-refractivity contribution in [1.29, 1.82) is 0 Å². The minimum absolute atomic E-state index is 0.151. The van der Waals surface area contributed by atoms with Crippen LogP contribution < -0.4 is 14.8 Å². The Labute approximate surface area is 203 Å². The molecule has 3 aromatic rings. The molecular formula is C24H29ClN4O3S. The van der Waals surface area contributed by atoms with Crippen molar-refractivity contribution in [1.82, 2.24) is 14.8 Å². The molecule has 0 saturated carbocycles. The van der Waals surface area contributed by atoms with E-state index in [0.717, 1.165) is 24.5 Å². The van der Waals surface area contributed by atoms with Gasteiger partial charge in [0.2, 0.25) is 5.91 Å². The number of thioether (sulfide) groups is 1. The summed E-state index contributed by atoms with van der Waals surface area (Å²) >= 11 is 7.53. The van der Waals surface area contributed by atoms with Crippen molar-refractivity contribution in [3.8, 4) is 11.5 Å². The van der Waals surface area contributed by atoms with Crippen LogP contribution >= 0.6 is 23.4 Å². The number of rotatable bonds is 11. The van der Waals surface area contributed by atoms with Gasteiger partial charge in [0, 0.05) is 12.2 Å². The van der Waals surface area contributed by atoms with E-state index < -0.39 is 5.25 Å². The molecule has 0 aliphatic rings. The van der Waals surface area contributed by atoms with Crippen LogP contribution in [0.1, 0.15) is 33.0 Å². The molecular weight excluding hydrogens is 460 g/mol. The molecule has 1 amide bonds. The number of anilines is 1. The Morgan fingerprint density at radius 1 is 1.15 bits per heavy atom. The standard InChI is InChI=1S/C24H29ClN4O3S/c1-16(2)12-13-29-22(15-32-19-8-6-5-7-9-19)27-28-24(29)33-17(3)23(30)26-18-10-11-21(31-4)20(25)14-18/h5-11,14,16-17H,12-13,15H2,1-4H3,(H,26,30). The first-order valence-corrected chi connectivity index (χ1v) is 12.0. The maximum atomic E-state index is 12.8. The van der Waals surface area contributed by atoms with E-state index >= 15 is 0 Å². The topological polar surface area (TPSA) is 78.3 Å². The number of para-hydroxylation sites is 1. The fraction of sp³-hybridized carbons (Fsp3) is 0.375. The molecule has 0 aliphatic carbocycles. The minimum Gasteiger partial charge on any atom is -0.495 e. The number of carbonyl (C=O) groups is 1. The number of ether oxygens (including phenoxy) is 2. The van der Waals surface area contributed by atoms with Gasteiger partial charge in [-0.15, -0.1) is 10.2 Å². The fourth-order valence-electron chi connectivity index (χ4n) is 2.99. The Bertz CT molecular complexity index is 1060. The van der Waals surface area contributed by atoms with Crippen molar-refractivity contribution in [3.05, 3.63) is 59.4 Å². The Kier molecular flexibility index (Phi) is 9.03. The summed E-state index contributed by atoms with van der Waals surface area (Å²) in [5, 5.41) is 12.3. The highest BCUT2D eigenvalue weighted by molar-refractivity contribution is 8.00. The third-order valence-electron chi connectivity index (χ3n) is 4.91. The number of hydrogen-bond acceptors (Lipinski definition) is 6. The lowest BCUT2D eigenvalue weighted by atomic mass is 10.1. The van der Waals surface area contributed by atoms with Crippen molar-refractivity contribution in [2.45, 2.75) is 50.8 Å². The Morgan fingerprint density at radius 2 is 1.91 bits per heavy atom. The van der Waals surface area contributed by atoms with Gasteiger partial charge in [-0.25, -0.2) is 0 Å². The van der Waals surface area contributed by atoms with Gasteiger partial charge in [-0.3, -0.25) is 4.79 Å². The highest BCUT2D eigenvalue weighted by atomic mass is 35.5. The minimum atomic E-state index is -0.393. The van der Waals surface area contributed by atoms with E-state index in [4.69, 9.17) is 21.1 Å². The summed E-state index contributed by atoms with van der Waals surface area (Å²) in [5.41, 5.74) is 0.608. The van der Waals surface area contributed by atoms with Crippen molar-refractivity contribution in [3.63, 3.8) is 0 Å². The van der Waals surface area contributed by atoms with Crippen molar-refractivity contribution >= 4 is 35.0 Å². The third-order valence-corrected chi connectivity index (χ3v) is 6.28. The molecule has 3 rings (SSSR count). The van der Waals surface area contributed by atoms with Crippen LogP contribution in [0.4, 0.5) is 5.69 Å². The molecule has 1 unspecified atom stereocenters. The van der Waals surface area contributed by atoms with Crippen LogP contribution in [0, 0.1) is 5.92 Å². The van der Waals surface area contributed by atoms with E-state index in [0.29, 0.717) is 34.1 Å². The molecule has 1 heterocycles. The quantitative estimate of drug-likeness (QED) is 0.349. The first-order chi connectivity index (χ1) is 15.9. The lowest BCUT2D eigenvalue weighted by molar-refractivity contribution is -0.115. The average Bonchev–Trinajstić information content (AvgIpc) is 3.18. The first kappa shape index (κ1) is 24.9. The van der Waals surface area contributed by atoms with E-state index in [2.05, 4.69) is 29.4 Å². The largest absolute Gasteiger partial charge is 0.495 e. The summed E-state index contributed by atoms with van der Waals surface area (Å²) in [6, 6.07) is 14.7. The molecule has 7 nitrogen and oxygen atoms in total. The molecule has 0 fully saturated rings. The van der Waals surface area contributed by atoms with Crippen LogP contribution in [-0.2, 0) is 17.9 Å². The zero-order chi connectivity index (χ0) is 23.8. The second-order valence-corrected chi connectivity index (χ2v) is 9.65. The van der Waals surface area contributed by atoms with Gasteiger partial charge in [-0.2, -0.15) is 0 Å². The number of hydrogen-bond donors (Lipinski definition) is 1. The first-order valence-electron chi connectivity index (χ1n) is 10.8. The summed E-state index contributed by atoms with van der Waals surface area (Å²) in [4.78, 5) is 12.8. The number of halogens is 1. The smallest absolute Gasteiger partial charge is 0.237 e. The van der Waals surface area contributed by atoms with Gasteiger partial charge in [0.05, 0.1) is 17.4 Å². The average molecular weight is 489 g/mol. The van der Waals surface area contributed by atoms with Gasteiger partial charge in [0.25, 0.3) is 0 Å². The summed E-state index contributed by atoms with van der Waals surface area (Å²) < 4.78 is 13.1. The molecule has 0 bridgehead atoms. The second-order valence-electron chi connectivity index (χ2n) is 7.93. The zero-order valence-corrected chi connectivity index (χ0v) is 20.8. The van der Waals surface area contributed by atoms with Crippen molar-refractivity contribution < 1.29 is 14.3 Å². The number of methoxy groups -OCH3 is 1. The molecule has 0 radical (unpaired) electrons. The van der Waals surface area contributed by atoms with Gasteiger partial charge in [-0.1, -0.05) is 55.4 Å². The van der Waals surface area contributed by atoms with Gasteiger partial charge in [0.15, 0.2) is 11.0 Å². The molecule has 1 aromatic heterocycles. The highest BCUT2D eigenvalue weighted by Gasteiger charge is 2.21. The van der Waals surface area contributed by atoms with Gasteiger partial charge in [-0.05, 0) is 49.6 Å². The number of amides is 1. The molecule has 176 valence electrons. The van der Waals surface area contributed by atoms with E-state index in [-0.39, 0.29) is 5.91 Å². The van der Waals surface area contributed by atoms with E-state index in [1.807, 2.05) is 41.8 Å². The molecule has 9 heteroatoms. The highest BCUT2D eigenvalue weighted by Crippen LogP contribution is 2.29. The van der Waals surface area contributed by atoms with Crippen LogP contribution in [-0.4, -0.2) is 33.0 Å². The molecule has 1 atom stereocenters. The Morgan fingerprint density at radius 3 is 2.58 bits per heavy atom. The van der Waals surface area contributed by atoms with E-state index in [1.165, 1.54) is 11.8 Å². The Hall–Kier alpha value is -2.71. The van der Waals surface area contributed by atoms with Gasteiger partial charge in [0.1, 0.15) is 18.1 Å². The molecule has 33 heavy (non-hydrogen) atoms. The van der Waals surface area contributed by atoms with Crippen molar-refractivity contribution in [2.75, 3.05) is 12.4 Å². The number of carbonyl (C=O) groups excluding carboxylic acids is 1. The molecule has 0 saturated heterocycles. The zero-order valence-electron chi connectivity index (χ0n) is 19.2. The maximum absolute atomic E-state index is 12.8. The maximum Gasteiger partial charge on any atom is 0.237 e. The summed E-state index contributed by atoms with van der Waals surface area (Å²) in [6.07, 6.45) is 0.967. The summed E-state index contributed by atoms with van der Waals surface area (Å²) in [7, 11) is 1.55. The second kappa shape index (κ2) is 12.0. The monoisotopic (exact) mass is 488 g/mol. The van der Waals surface area contributed by atoms with E-state index in [1.54, 1.807) is 25.3 Å². The number of benzene rings is 2. The van der Waals surface area contributed by atoms with Gasteiger partial charge < -0.3 is 19.4 Å². The fourth-order valence-corrected chi connectivity index (χ4v) is 4.14. The predicted molar refractivity (Wildman–Crippen MR) is 132 cm³/mol. The molecule has 2 aromatic carbocycles. The lowest BCUT2D eigenvalue weighted by Gasteiger charge is -2.15. The van der Waals surface area contributed by atoms with E-state index in [9.17, 15) is 4.79 Å². The van der Waals surface area contributed by atoms with Crippen LogP contribution in [0.2, 0.25) is 5.02 Å².